The Morgan fingerprint density at radius 3 is 2.50 bits per heavy atom. The fourth-order valence-electron chi connectivity index (χ4n) is 4.16. The van der Waals surface area contributed by atoms with Gasteiger partial charge in [-0.25, -0.2) is 13.4 Å². The van der Waals surface area contributed by atoms with Crippen LogP contribution in [0.25, 0.3) is 0 Å². The number of hydrogen-bond donors (Lipinski definition) is 0. The molecule has 0 atom stereocenters. The molecule has 0 aliphatic carbocycles. The highest BCUT2D eigenvalue weighted by atomic mass is 32.2. The Hall–Kier alpha value is -2.19. The summed E-state index contributed by atoms with van der Waals surface area (Å²) in [7, 11) is -1.88. The SMILES string of the molecule is CCN1C(=O)C2(CCN(S(=O)(=O)c3cn(C)cn3)CC2)c2ccccc21. The molecule has 138 valence electrons. The second-order valence-corrected chi connectivity index (χ2v) is 8.81. The number of aromatic nitrogens is 2. The van der Waals surface area contributed by atoms with Crippen molar-refractivity contribution in [3.63, 3.8) is 0 Å². The van der Waals surface area contributed by atoms with Crippen LogP contribution in [0.3, 0.4) is 0 Å². The van der Waals surface area contributed by atoms with Crippen LogP contribution in [0.15, 0.2) is 41.8 Å². The summed E-state index contributed by atoms with van der Waals surface area (Å²) < 4.78 is 28.7. The van der Waals surface area contributed by atoms with Crippen LogP contribution in [0.1, 0.15) is 25.3 Å². The predicted octanol–water partition coefficient (Wildman–Crippen LogP) is 1.51. The third kappa shape index (κ3) is 2.32. The number of likely N-dealkylation sites (N-methyl/N-ethyl adjacent to an activating group) is 1. The van der Waals surface area contributed by atoms with Crippen LogP contribution in [0.2, 0.25) is 0 Å². The van der Waals surface area contributed by atoms with Crippen LogP contribution in [0.5, 0.6) is 0 Å². The number of carbonyl (C=O) groups is 1. The average Bonchev–Trinajstić information content (AvgIpc) is 3.18. The fourth-order valence-corrected chi connectivity index (χ4v) is 5.56. The van der Waals surface area contributed by atoms with E-state index in [9.17, 15) is 13.2 Å². The minimum absolute atomic E-state index is 0.0595. The third-order valence-corrected chi connectivity index (χ3v) is 7.33. The van der Waals surface area contributed by atoms with Gasteiger partial charge in [-0.3, -0.25) is 4.79 Å². The molecule has 2 aliphatic heterocycles. The van der Waals surface area contributed by atoms with Gasteiger partial charge in [0.2, 0.25) is 5.91 Å². The van der Waals surface area contributed by atoms with Gasteiger partial charge < -0.3 is 9.47 Å². The van der Waals surface area contributed by atoms with Crippen LogP contribution >= 0.6 is 0 Å². The number of hydrogen-bond acceptors (Lipinski definition) is 4. The van der Waals surface area contributed by atoms with E-state index in [1.54, 1.807) is 11.6 Å². The van der Waals surface area contributed by atoms with E-state index in [4.69, 9.17) is 0 Å². The van der Waals surface area contributed by atoms with Gasteiger partial charge in [-0.1, -0.05) is 18.2 Å². The molecule has 26 heavy (non-hydrogen) atoms. The molecule has 0 radical (unpaired) electrons. The maximum absolute atomic E-state index is 13.1. The van der Waals surface area contributed by atoms with Gasteiger partial charge in [0.15, 0.2) is 5.03 Å². The van der Waals surface area contributed by atoms with Crippen LogP contribution in [0, 0.1) is 0 Å². The Bertz CT molecular complexity index is 958. The summed E-state index contributed by atoms with van der Waals surface area (Å²) in [5.74, 6) is 0.0936. The standard InChI is InChI=1S/C18H22N4O3S/c1-3-22-15-7-5-4-6-14(15)18(17(22)23)8-10-21(11-9-18)26(24,25)16-12-20(2)13-19-16/h4-7,12-13H,3,8-11H2,1-2H3. The number of para-hydroxylation sites is 1. The highest BCUT2D eigenvalue weighted by Gasteiger charge is 2.52. The number of rotatable bonds is 3. The molecule has 0 N–H and O–H groups in total. The third-order valence-electron chi connectivity index (χ3n) is 5.54. The Morgan fingerprint density at radius 1 is 1.19 bits per heavy atom. The topological polar surface area (TPSA) is 75.5 Å². The summed E-state index contributed by atoms with van der Waals surface area (Å²) in [5, 5.41) is 0.0595. The smallest absolute Gasteiger partial charge is 0.262 e. The van der Waals surface area contributed by atoms with Gasteiger partial charge in [0.25, 0.3) is 10.0 Å². The van der Waals surface area contributed by atoms with Gasteiger partial charge in [-0.2, -0.15) is 4.31 Å². The number of aryl methyl sites for hydroxylation is 1. The van der Waals surface area contributed by atoms with Crippen molar-refractivity contribution in [2.75, 3.05) is 24.5 Å². The van der Waals surface area contributed by atoms with Crippen molar-refractivity contribution in [2.24, 2.45) is 7.05 Å². The molecule has 1 amide bonds. The molecule has 4 rings (SSSR count). The highest BCUT2D eigenvalue weighted by molar-refractivity contribution is 7.89. The van der Waals surface area contributed by atoms with Crippen LogP contribution in [-0.2, 0) is 27.3 Å². The van der Waals surface area contributed by atoms with Crippen molar-refractivity contribution >= 4 is 21.6 Å². The van der Waals surface area contributed by atoms with Crippen LogP contribution in [-0.4, -0.2) is 47.8 Å². The molecule has 7 nitrogen and oxygen atoms in total. The van der Waals surface area contributed by atoms with Crippen molar-refractivity contribution in [3.8, 4) is 0 Å². The molecule has 2 aliphatic rings. The second kappa shape index (κ2) is 5.92. The maximum atomic E-state index is 13.1. The summed E-state index contributed by atoms with van der Waals surface area (Å²) in [6.07, 6.45) is 3.97. The quantitative estimate of drug-likeness (QED) is 0.816. The first-order valence-corrected chi connectivity index (χ1v) is 10.2. The number of benzene rings is 1. The first-order valence-electron chi connectivity index (χ1n) is 8.80. The Labute approximate surface area is 153 Å². The summed E-state index contributed by atoms with van der Waals surface area (Å²) >= 11 is 0. The number of anilines is 1. The molecule has 1 spiro atoms. The largest absolute Gasteiger partial charge is 0.339 e. The minimum atomic E-state index is -3.62. The van der Waals surface area contributed by atoms with Gasteiger partial charge in [-0.15, -0.1) is 0 Å². The molecular weight excluding hydrogens is 352 g/mol. The lowest BCUT2D eigenvalue weighted by molar-refractivity contribution is -0.124. The number of amides is 1. The summed E-state index contributed by atoms with van der Waals surface area (Å²) in [4.78, 5) is 18.9. The molecule has 2 aromatic rings. The zero-order chi connectivity index (χ0) is 18.5. The summed E-state index contributed by atoms with van der Waals surface area (Å²) in [5.41, 5.74) is 1.38. The van der Waals surface area contributed by atoms with Crippen LogP contribution < -0.4 is 4.90 Å². The molecule has 1 aromatic heterocycles. The molecule has 1 saturated heterocycles. The van der Waals surface area contributed by atoms with E-state index in [-0.39, 0.29) is 10.9 Å². The number of piperidine rings is 1. The van der Waals surface area contributed by atoms with Gasteiger partial charge in [0.1, 0.15) is 0 Å². The summed E-state index contributed by atoms with van der Waals surface area (Å²) in [6.45, 7) is 3.22. The predicted molar refractivity (Wildman–Crippen MR) is 97.3 cm³/mol. The number of carbonyl (C=O) groups excluding carboxylic acids is 1. The number of sulfonamides is 1. The number of fused-ring (bicyclic) bond motifs is 2. The van der Waals surface area contributed by atoms with Crippen LogP contribution in [0.4, 0.5) is 5.69 Å². The monoisotopic (exact) mass is 374 g/mol. The van der Waals surface area contributed by atoms with Crippen molar-refractivity contribution < 1.29 is 13.2 Å². The van der Waals surface area contributed by atoms with E-state index in [1.807, 2.05) is 36.1 Å². The van der Waals surface area contributed by atoms with E-state index in [0.717, 1.165) is 11.3 Å². The fraction of sp³-hybridized carbons (Fsp3) is 0.444. The second-order valence-electron chi connectivity index (χ2n) is 6.93. The van der Waals surface area contributed by atoms with Gasteiger partial charge >= 0.3 is 0 Å². The lowest BCUT2D eigenvalue weighted by Crippen LogP contribution is -2.50. The lowest BCUT2D eigenvalue weighted by Gasteiger charge is -2.37. The van der Waals surface area contributed by atoms with Crippen molar-refractivity contribution in [2.45, 2.75) is 30.2 Å². The van der Waals surface area contributed by atoms with Crippen molar-refractivity contribution in [3.05, 3.63) is 42.4 Å². The molecule has 1 fully saturated rings. The molecule has 3 heterocycles. The Balaban J connectivity index is 1.63. The lowest BCUT2D eigenvalue weighted by atomic mass is 9.74. The average molecular weight is 374 g/mol. The number of imidazole rings is 1. The van der Waals surface area contributed by atoms with Gasteiger partial charge in [-0.05, 0) is 31.4 Å². The maximum Gasteiger partial charge on any atom is 0.262 e. The Kier molecular flexibility index (Phi) is 3.92. The van der Waals surface area contributed by atoms with E-state index in [0.29, 0.717) is 32.5 Å². The van der Waals surface area contributed by atoms with Crippen molar-refractivity contribution in [1.82, 2.24) is 13.9 Å². The van der Waals surface area contributed by atoms with E-state index < -0.39 is 15.4 Å². The molecule has 0 bridgehead atoms. The molecule has 0 unspecified atom stereocenters. The summed E-state index contributed by atoms with van der Waals surface area (Å²) in [6, 6.07) is 7.87. The van der Waals surface area contributed by atoms with Gasteiger partial charge in [0.05, 0.1) is 11.7 Å². The normalized spacial score (nSPS) is 19.9. The van der Waals surface area contributed by atoms with E-state index in [1.165, 1.54) is 16.8 Å². The van der Waals surface area contributed by atoms with E-state index >= 15 is 0 Å². The van der Waals surface area contributed by atoms with Crippen molar-refractivity contribution in [1.29, 1.82) is 0 Å². The first kappa shape index (κ1) is 17.2. The van der Waals surface area contributed by atoms with E-state index in [2.05, 4.69) is 4.98 Å². The Morgan fingerprint density at radius 2 is 1.88 bits per heavy atom. The zero-order valence-electron chi connectivity index (χ0n) is 14.9. The minimum Gasteiger partial charge on any atom is -0.339 e. The molecule has 0 saturated carbocycles. The number of nitrogens with zero attached hydrogens (tertiary/aromatic N) is 4. The zero-order valence-corrected chi connectivity index (χ0v) is 15.7. The molecule has 8 heteroatoms. The van der Waals surface area contributed by atoms with Gasteiger partial charge in [0, 0.05) is 38.6 Å². The first-order chi connectivity index (χ1) is 12.4. The highest BCUT2D eigenvalue weighted by Crippen LogP contribution is 2.48. The molecule has 1 aromatic carbocycles. The molecular formula is C18H22N4O3S.